The van der Waals surface area contributed by atoms with Gasteiger partial charge < -0.3 is 5.73 Å². The van der Waals surface area contributed by atoms with Crippen LogP contribution in [0.3, 0.4) is 0 Å². The summed E-state index contributed by atoms with van der Waals surface area (Å²) in [7, 11) is 0. The van der Waals surface area contributed by atoms with Crippen molar-refractivity contribution in [3.8, 4) is 0 Å². The molecule has 2 N–H and O–H groups in total. The summed E-state index contributed by atoms with van der Waals surface area (Å²) in [5.41, 5.74) is 7.14. The summed E-state index contributed by atoms with van der Waals surface area (Å²) < 4.78 is 1.19. The first kappa shape index (κ1) is 15.5. The normalized spacial score (nSPS) is 29.2. The molecule has 0 saturated heterocycles. The van der Waals surface area contributed by atoms with Crippen LogP contribution in [0.25, 0.3) is 0 Å². The Bertz CT molecular complexity index is 421. The molecule has 0 spiro atoms. The third-order valence-electron chi connectivity index (χ3n) is 4.59. The zero-order chi connectivity index (χ0) is 14.1. The van der Waals surface area contributed by atoms with Crippen LogP contribution in [0.15, 0.2) is 15.9 Å². The topological polar surface area (TPSA) is 26.0 Å². The van der Waals surface area contributed by atoms with Gasteiger partial charge >= 0.3 is 0 Å². The minimum atomic E-state index is 0.0181. The first-order chi connectivity index (χ1) is 8.78. The van der Waals surface area contributed by atoms with Gasteiger partial charge in [0.15, 0.2) is 0 Å². The maximum atomic E-state index is 6.70. The van der Waals surface area contributed by atoms with Crippen molar-refractivity contribution < 1.29 is 0 Å². The van der Waals surface area contributed by atoms with E-state index in [9.17, 15) is 0 Å². The van der Waals surface area contributed by atoms with Crippen LogP contribution in [-0.2, 0) is 6.42 Å². The largest absolute Gasteiger partial charge is 0.325 e. The molecule has 0 radical (unpaired) electrons. The Labute approximate surface area is 130 Å². The van der Waals surface area contributed by atoms with Crippen molar-refractivity contribution >= 4 is 27.3 Å². The second-order valence-electron chi connectivity index (χ2n) is 7.26. The van der Waals surface area contributed by atoms with Gasteiger partial charge in [0.05, 0.1) is 0 Å². The molecule has 1 fully saturated rings. The Balaban J connectivity index is 2.01. The van der Waals surface area contributed by atoms with E-state index in [0.29, 0.717) is 5.41 Å². The van der Waals surface area contributed by atoms with Gasteiger partial charge in [-0.05, 0) is 65.4 Å². The van der Waals surface area contributed by atoms with E-state index in [1.54, 1.807) is 0 Å². The quantitative estimate of drug-likeness (QED) is 0.717. The molecule has 2 rings (SSSR count). The molecule has 0 aliphatic heterocycles. The summed E-state index contributed by atoms with van der Waals surface area (Å²) in [6.07, 6.45) is 7.30. The SMILES string of the molecule is CC(C)(C)C1CCCC(N)(Cc2cc(Br)cs2)CC1. The Hall–Kier alpha value is 0.140. The van der Waals surface area contributed by atoms with Crippen LogP contribution in [-0.4, -0.2) is 5.54 Å². The van der Waals surface area contributed by atoms with E-state index < -0.39 is 0 Å². The maximum absolute atomic E-state index is 6.70. The van der Waals surface area contributed by atoms with E-state index in [2.05, 4.69) is 48.1 Å². The van der Waals surface area contributed by atoms with Crippen LogP contribution in [0.4, 0.5) is 0 Å². The summed E-state index contributed by atoms with van der Waals surface area (Å²) in [5, 5.41) is 2.16. The molecular weight excluding hydrogens is 318 g/mol. The standard InChI is InChI=1S/C16H26BrNS/c1-15(2,3)12-5-4-7-16(18,8-6-12)10-14-9-13(17)11-19-14/h9,11-12H,4-8,10,18H2,1-3H3. The highest BCUT2D eigenvalue weighted by Gasteiger charge is 2.33. The predicted octanol–water partition coefficient (Wildman–Crippen LogP) is 5.38. The third-order valence-corrected chi connectivity index (χ3v) is 6.29. The minimum Gasteiger partial charge on any atom is -0.325 e. The van der Waals surface area contributed by atoms with Crippen LogP contribution < -0.4 is 5.73 Å². The second-order valence-corrected chi connectivity index (χ2v) is 9.18. The Morgan fingerprint density at radius 1 is 1.37 bits per heavy atom. The lowest BCUT2D eigenvalue weighted by molar-refractivity contribution is 0.210. The summed E-state index contributed by atoms with van der Waals surface area (Å²) in [6.45, 7) is 7.12. The lowest BCUT2D eigenvalue weighted by Crippen LogP contribution is -2.41. The molecule has 19 heavy (non-hydrogen) atoms. The van der Waals surface area contributed by atoms with Gasteiger partial charge in [-0.25, -0.2) is 0 Å². The molecule has 1 aliphatic rings. The van der Waals surface area contributed by atoms with Gasteiger partial charge in [0, 0.05) is 20.3 Å². The number of hydrogen-bond donors (Lipinski definition) is 1. The monoisotopic (exact) mass is 343 g/mol. The fourth-order valence-electron chi connectivity index (χ4n) is 3.27. The fourth-order valence-corrected chi connectivity index (χ4v) is 4.87. The molecule has 2 unspecified atom stereocenters. The maximum Gasteiger partial charge on any atom is 0.0285 e. The number of nitrogens with two attached hydrogens (primary N) is 1. The molecule has 1 aliphatic carbocycles. The lowest BCUT2D eigenvalue weighted by Gasteiger charge is -2.31. The van der Waals surface area contributed by atoms with Gasteiger partial charge in [-0.2, -0.15) is 0 Å². The van der Waals surface area contributed by atoms with Gasteiger partial charge in [0.25, 0.3) is 0 Å². The first-order valence-electron chi connectivity index (χ1n) is 7.30. The molecule has 1 nitrogen and oxygen atoms in total. The molecule has 2 atom stereocenters. The average molecular weight is 344 g/mol. The molecule has 1 aromatic heterocycles. The summed E-state index contributed by atoms with van der Waals surface area (Å²) in [5.74, 6) is 0.827. The molecule has 0 aromatic carbocycles. The molecule has 0 bridgehead atoms. The Kier molecular flexibility index (Phi) is 4.79. The molecule has 0 amide bonds. The Morgan fingerprint density at radius 3 is 2.68 bits per heavy atom. The Morgan fingerprint density at radius 2 is 2.11 bits per heavy atom. The number of thiophene rings is 1. The third kappa shape index (κ3) is 4.30. The van der Waals surface area contributed by atoms with Crippen molar-refractivity contribution in [2.75, 3.05) is 0 Å². The number of rotatable bonds is 2. The van der Waals surface area contributed by atoms with Crippen LogP contribution in [0, 0.1) is 11.3 Å². The van der Waals surface area contributed by atoms with Crippen molar-refractivity contribution in [3.05, 3.63) is 20.8 Å². The van der Waals surface area contributed by atoms with Crippen molar-refractivity contribution in [2.24, 2.45) is 17.1 Å². The van der Waals surface area contributed by atoms with Crippen LogP contribution in [0.2, 0.25) is 0 Å². The molecular formula is C16H26BrNS. The summed E-state index contributed by atoms with van der Waals surface area (Å²) in [6, 6.07) is 2.23. The number of hydrogen-bond acceptors (Lipinski definition) is 2. The smallest absolute Gasteiger partial charge is 0.0285 e. The molecule has 3 heteroatoms. The predicted molar refractivity (Wildman–Crippen MR) is 88.7 cm³/mol. The van der Waals surface area contributed by atoms with Crippen molar-refractivity contribution in [3.63, 3.8) is 0 Å². The molecule has 108 valence electrons. The van der Waals surface area contributed by atoms with Gasteiger partial charge in [-0.3, -0.25) is 0 Å². The van der Waals surface area contributed by atoms with Crippen molar-refractivity contribution in [2.45, 2.75) is 64.8 Å². The highest BCUT2D eigenvalue weighted by molar-refractivity contribution is 9.10. The van der Waals surface area contributed by atoms with Crippen molar-refractivity contribution in [1.82, 2.24) is 0 Å². The molecule has 1 aromatic rings. The highest BCUT2D eigenvalue weighted by atomic mass is 79.9. The van der Waals surface area contributed by atoms with Crippen LogP contribution in [0.1, 0.15) is 57.8 Å². The highest BCUT2D eigenvalue weighted by Crippen LogP contribution is 2.40. The zero-order valence-corrected chi connectivity index (χ0v) is 14.7. The van der Waals surface area contributed by atoms with Gasteiger partial charge in [-0.1, -0.05) is 27.2 Å². The van der Waals surface area contributed by atoms with Gasteiger partial charge in [-0.15, -0.1) is 11.3 Å². The van der Waals surface area contributed by atoms with Crippen LogP contribution >= 0.6 is 27.3 Å². The van der Waals surface area contributed by atoms with Crippen molar-refractivity contribution in [1.29, 1.82) is 0 Å². The van der Waals surface area contributed by atoms with Gasteiger partial charge in [0.1, 0.15) is 0 Å². The zero-order valence-electron chi connectivity index (χ0n) is 12.3. The second kappa shape index (κ2) is 5.87. The fraction of sp³-hybridized carbons (Fsp3) is 0.750. The van der Waals surface area contributed by atoms with E-state index in [4.69, 9.17) is 5.73 Å². The first-order valence-corrected chi connectivity index (χ1v) is 8.98. The minimum absolute atomic E-state index is 0.0181. The van der Waals surface area contributed by atoms with E-state index >= 15 is 0 Å². The van der Waals surface area contributed by atoms with E-state index in [-0.39, 0.29) is 5.54 Å². The molecule has 1 heterocycles. The average Bonchev–Trinajstić information content (AvgIpc) is 2.56. The lowest BCUT2D eigenvalue weighted by atomic mass is 9.76. The van der Waals surface area contributed by atoms with Gasteiger partial charge in [0.2, 0.25) is 0 Å². The van der Waals surface area contributed by atoms with E-state index in [1.807, 2.05) is 11.3 Å². The number of halogens is 1. The summed E-state index contributed by atoms with van der Waals surface area (Å²) in [4.78, 5) is 1.42. The molecule has 1 saturated carbocycles. The summed E-state index contributed by atoms with van der Waals surface area (Å²) >= 11 is 5.36. The van der Waals surface area contributed by atoms with E-state index in [1.165, 1.54) is 41.5 Å². The van der Waals surface area contributed by atoms with E-state index in [0.717, 1.165) is 12.3 Å². The van der Waals surface area contributed by atoms with Crippen LogP contribution in [0.5, 0.6) is 0 Å².